The van der Waals surface area contributed by atoms with E-state index in [0.717, 1.165) is 12.8 Å². The van der Waals surface area contributed by atoms with Gasteiger partial charge in [-0.1, -0.05) is 13.3 Å². The molecule has 1 N–H and O–H groups in total. The van der Waals surface area contributed by atoms with Gasteiger partial charge in [0.1, 0.15) is 11.9 Å². The predicted octanol–water partition coefficient (Wildman–Crippen LogP) is 0.615. The zero-order valence-electron chi connectivity index (χ0n) is 9.39. The van der Waals surface area contributed by atoms with Crippen LogP contribution in [0.15, 0.2) is 0 Å². The standard InChI is InChI=1S/C8H16O5S.Li/c1-3-4-5-8(9)13-6-7(2)14(10,11)12;/h7H,3-6H2,1-2H3,(H,10,11,12);. The molecule has 0 saturated carbocycles. The van der Waals surface area contributed by atoms with Crippen molar-refractivity contribution in [2.45, 2.75) is 38.4 Å². The molecule has 5 nitrogen and oxygen atoms in total. The second kappa shape index (κ2) is 8.17. The van der Waals surface area contributed by atoms with Crippen molar-refractivity contribution >= 4 is 34.9 Å². The molecule has 7 heteroatoms. The number of hydrogen-bond acceptors (Lipinski definition) is 4. The van der Waals surface area contributed by atoms with E-state index in [9.17, 15) is 13.2 Å². The smallest absolute Gasteiger partial charge is 0.305 e. The maximum absolute atomic E-state index is 10.9. The maximum atomic E-state index is 10.9. The summed E-state index contributed by atoms with van der Waals surface area (Å²) in [6, 6.07) is 0. The fourth-order valence-corrected chi connectivity index (χ4v) is 0.930. The van der Waals surface area contributed by atoms with Crippen LogP contribution in [-0.2, 0) is 19.6 Å². The SMILES string of the molecule is CCCCC(=O)OCC(C)S(=O)(=O)O.[Li]. The van der Waals surface area contributed by atoms with Crippen LogP contribution in [0, 0.1) is 0 Å². The van der Waals surface area contributed by atoms with Gasteiger partial charge in [0.2, 0.25) is 0 Å². The fourth-order valence-electron chi connectivity index (χ4n) is 0.690. The molecule has 0 spiro atoms. The second-order valence-electron chi connectivity index (χ2n) is 3.11. The molecule has 0 aromatic heterocycles. The predicted molar refractivity (Wildman–Crippen MR) is 57.2 cm³/mol. The Bertz CT molecular complexity index is 275. The van der Waals surface area contributed by atoms with Crippen molar-refractivity contribution in [1.29, 1.82) is 0 Å². The van der Waals surface area contributed by atoms with Crippen molar-refractivity contribution in [1.82, 2.24) is 0 Å². The molecule has 15 heavy (non-hydrogen) atoms. The summed E-state index contributed by atoms with van der Waals surface area (Å²) in [5.74, 6) is -0.428. The van der Waals surface area contributed by atoms with Gasteiger partial charge in [-0.2, -0.15) is 8.42 Å². The molecule has 0 aromatic carbocycles. The van der Waals surface area contributed by atoms with Gasteiger partial charge >= 0.3 is 5.97 Å². The number of unbranched alkanes of at least 4 members (excludes halogenated alkanes) is 1. The quantitative estimate of drug-likeness (QED) is 0.411. The van der Waals surface area contributed by atoms with Crippen LogP contribution >= 0.6 is 0 Å². The first-order valence-electron chi connectivity index (χ1n) is 4.49. The Balaban J connectivity index is 0. The molecule has 0 aliphatic heterocycles. The van der Waals surface area contributed by atoms with Crippen LogP contribution in [0.4, 0.5) is 0 Å². The Kier molecular flexibility index (Phi) is 9.46. The van der Waals surface area contributed by atoms with Gasteiger partial charge in [0, 0.05) is 25.3 Å². The molecule has 0 amide bonds. The molecule has 0 aliphatic carbocycles. The van der Waals surface area contributed by atoms with Gasteiger partial charge in [-0.05, 0) is 13.3 Å². The van der Waals surface area contributed by atoms with Gasteiger partial charge in [-0.3, -0.25) is 9.35 Å². The largest absolute Gasteiger partial charge is 0.464 e. The summed E-state index contributed by atoms with van der Waals surface area (Å²) in [6.45, 7) is 2.93. The van der Waals surface area contributed by atoms with Crippen LogP contribution in [0.3, 0.4) is 0 Å². The first kappa shape index (κ1) is 17.4. The number of esters is 1. The molecule has 85 valence electrons. The molecule has 0 rings (SSSR count). The summed E-state index contributed by atoms with van der Waals surface area (Å²) in [6.07, 6.45) is 1.89. The van der Waals surface area contributed by atoms with Crippen LogP contribution in [0.5, 0.6) is 0 Å². The van der Waals surface area contributed by atoms with Gasteiger partial charge in [0.05, 0.1) is 0 Å². The summed E-state index contributed by atoms with van der Waals surface area (Å²) < 4.78 is 34.3. The summed E-state index contributed by atoms with van der Waals surface area (Å²) >= 11 is 0. The van der Waals surface area contributed by atoms with Crippen LogP contribution in [-0.4, -0.2) is 49.7 Å². The van der Waals surface area contributed by atoms with Crippen molar-refractivity contribution < 1.29 is 22.5 Å². The molecule has 0 fully saturated rings. The number of hydrogen-bond donors (Lipinski definition) is 1. The number of ether oxygens (including phenoxy) is 1. The minimum absolute atomic E-state index is 0. The Morgan fingerprint density at radius 2 is 2.00 bits per heavy atom. The topological polar surface area (TPSA) is 80.7 Å². The van der Waals surface area contributed by atoms with Gasteiger partial charge in [0.25, 0.3) is 10.1 Å². The van der Waals surface area contributed by atoms with Crippen LogP contribution in [0.25, 0.3) is 0 Å². The van der Waals surface area contributed by atoms with Gasteiger partial charge in [-0.15, -0.1) is 0 Å². The zero-order chi connectivity index (χ0) is 11.2. The first-order chi connectivity index (χ1) is 6.38. The third kappa shape index (κ3) is 8.94. The summed E-state index contributed by atoms with van der Waals surface area (Å²) in [5.41, 5.74) is 0. The van der Waals surface area contributed by atoms with E-state index in [2.05, 4.69) is 4.74 Å². The molecular weight excluding hydrogens is 215 g/mol. The van der Waals surface area contributed by atoms with Crippen molar-refractivity contribution in [2.75, 3.05) is 6.61 Å². The normalized spacial score (nSPS) is 12.7. The molecule has 1 radical (unpaired) electrons. The third-order valence-electron chi connectivity index (χ3n) is 1.72. The van der Waals surface area contributed by atoms with E-state index >= 15 is 0 Å². The summed E-state index contributed by atoms with van der Waals surface area (Å²) in [7, 11) is -4.10. The molecule has 0 aliphatic rings. The third-order valence-corrected chi connectivity index (χ3v) is 2.87. The molecular formula is C8H16LiO5S. The number of carbonyl (C=O) groups excluding carboxylic acids is 1. The van der Waals surface area contributed by atoms with Crippen LogP contribution in [0.1, 0.15) is 33.1 Å². The van der Waals surface area contributed by atoms with E-state index in [-0.39, 0.29) is 31.9 Å². The van der Waals surface area contributed by atoms with E-state index in [1.54, 1.807) is 0 Å². The van der Waals surface area contributed by atoms with Gasteiger partial charge < -0.3 is 4.74 Å². The zero-order valence-corrected chi connectivity index (χ0v) is 10.2. The van der Waals surface area contributed by atoms with Crippen LogP contribution < -0.4 is 0 Å². The van der Waals surface area contributed by atoms with Crippen molar-refractivity contribution in [3.8, 4) is 0 Å². The van der Waals surface area contributed by atoms with Gasteiger partial charge in [0.15, 0.2) is 0 Å². The van der Waals surface area contributed by atoms with E-state index < -0.39 is 21.3 Å². The Morgan fingerprint density at radius 3 is 2.40 bits per heavy atom. The minimum atomic E-state index is -4.10. The monoisotopic (exact) mass is 231 g/mol. The Labute approximate surface area is 102 Å². The van der Waals surface area contributed by atoms with E-state index in [4.69, 9.17) is 4.55 Å². The van der Waals surface area contributed by atoms with Crippen molar-refractivity contribution in [3.63, 3.8) is 0 Å². The van der Waals surface area contributed by atoms with Crippen molar-refractivity contribution in [2.24, 2.45) is 0 Å². The van der Waals surface area contributed by atoms with Gasteiger partial charge in [-0.25, -0.2) is 0 Å². The van der Waals surface area contributed by atoms with Crippen LogP contribution in [0.2, 0.25) is 0 Å². The molecule has 1 unspecified atom stereocenters. The van der Waals surface area contributed by atoms with E-state index in [0.29, 0.717) is 0 Å². The minimum Gasteiger partial charge on any atom is -0.464 e. The van der Waals surface area contributed by atoms with Crippen molar-refractivity contribution in [3.05, 3.63) is 0 Å². The molecule has 0 saturated heterocycles. The summed E-state index contributed by atoms with van der Waals surface area (Å²) in [4.78, 5) is 10.9. The Morgan fingerprint density at radius 1 is 1.47 bits per heavy atom. The first-order valence-corrected chi connectivity index (χ1v) is 6.00. The van der Waals surface area contributed by atoms with E-state index in [1.165, 1.54) is 6.92 Å². The molecule has 1 atom stereocenters. The molecule has 0 heterocycles. The van der Waals surface area contributed by atoms with E-state index in [1.807, 2.05) is 6.92 Å². The molecule has 0 bridgehead atoms. The second-order valence-corrected chi connectivity index (χ2v) is 4.95. The average Bonchev–Trinajstić information content (AvgIpc) is 2.09. The Hall–Kier alpha value is -0.0226. The molecule has 0 aromatic rings. The fraction of sp³-hybridized carbons (Fsp3) is 0.875. The number of carbonyl (C=O) groups is 1. The summed E-state index contributed by atoms with van der Waals surface area (Å²) in [5, 5.41) is -1.06. The number of rotatable bonds is 6. The maximum Gasteiger partial charge on any atom is 0.305 e. The average molecular weight is 231 g/mol.